The predicted octanol–water partition coefficient (Wildman–Crippen LogP) is 2.79. The summed E-state index contributed by atoms with van der Waals surface area (Å²) >= 11 is 0. The molecular weight excluding hydrogens is 266 g/mol. The van der Waals surface area contributed by atoms with Crippen LogP contribution in [-0.4, -0.2) is 18.0 Å². The number of fused-ring (bicyclic) bond motifs is 1. The van der Waals surface area contributed by atoms with Gasteiger partial charge in [0.05, 0.1) is 0 Å². The number of amidine groups is 1. The minimum absolute atomic E-state index is 0.00742. The summed E-state index contributed by atoms with van der Waals surface area (Å²) in [6.45, 7) is 3.68. The molecule has 5 nitrogen and oxygen atoms in total. The van der Waals surface area contributed by atoms with E-state index in [-0.39, 0.29) is 11.9 Å². The van der Waals surface area contributed by atoms with Crippen molar-refractivity contribution in [2.45, 2.75) is 26.3 Å². The second-order valence-electron chi connectivity index (χ2n) is 5.08. The van der Waals surface area contributed by atoms with Gasteiger partial charge in [0.15, 0.2) is 0 Å². The molecule has 0 saturated carbocycles. The van der Waals surface area contributed by atoms with Crippen molar-refractivity contribution in [3.05, 3.63) is 48.0 Å². The normalized spacial score (nSPS) is 11.7. The Morgan fingerprint density at radius 3 is 2.71 bits per heavy atom. The molecule has 2 rings (SSSR count). The predicted molar refractivity (Wildman–Crippen MR) is 84.0 cm³/mol. The van der Waals surface area contributed by atoms with Crippen LogP contribution in [0.3, 0.4) is 0 Å². The third-order valence-corrected chi connectivity index (χ3v) is 2.90. The molecule has 1 amide bonds. The molecule has 21 heavy (non-hydrogen) atoms. The van der Waals surface area contributed by atoms with E-state index >= 15 is 0 Å². The van der Waals surface area contributed by atoms with Gasteiger partial charge in [-0.25, -0.2) is 4.79 Å². The number of rotatable bonds is 4. The van der Waals surface area contributed by atoms with Crippen LogP contribution in [0.5, 0.6) is 0 Å². The molecule has 0 radical (unpaired) electrons. The minimum atomic E-state index is -0.606. The molecule has 0 aliphatic rings. The molecule has 0 unspecified atom stereocenters. The lowest BCUT2D eigenvalue weighted by molar-refractivity contribution is 0.147. The highest BCUT2D eigenvalue weighted by molar-refractivity contribution is 5.91. The summed E-state index contributed by atoms with van der Waals surface area (Å²) in [6, 6.07) is 14.0. The number of nitrogens with zero attached hydrogens (tertiary/aromatic N) is 1. The van der Waals surface area contributed by atoms with Crippen molar-refractivity contribution in [1.29, 1.82) is 0 Å². The summed E-state index contributed by atoms with van der Waals surface area (Å²) in [6.07, 6.45) is -0.179. The molecule has 0 saturated heterocycles. The van der Waals surface area contributed by atoms with Gasteiger partial charge in [0.2, 0.25) is 0 Å². The van der Waals surface area contributed by atoms with Crippen LogP contribution in [0.2, 0.25) is 0 Å². The fourth-order valence-electron chi connectivity index (χ4n) is 2.04. The zero-order valence-electron chi connectivity index (χ0n) is 12.2. The van der Waals surface area contributed by atoms with E-state index in [1.165, 1.54) is 0 Å². The van der Waals surface area contributed by atoms with Crippen LogP contribution >= 0.6 is 0 Å². The van der Waals surface area contributed by atoms with Gasteiger partial charge in [-0.1, -0.05) is 47.6 Å². The van der Waals surface area contributed by atoms with Gasteiger partial charge in [0.1, 0.15) is 5.84 Å². The number of carbonyl (C=O) groups is 1. The molecule has 5 heteroatoms. The molecule has 2 aromatic rings. The number of oxime groups is 1. The van der Waals surface area contributed by atoms with Gasteiger partial charge >= 0.3 is 6.09 Å². The Hall–Kier alpha value is -2.56. The summed E-state index contributed by atoms with van der Waals surface area (Å²) in [5.41, 5.74) is 6.86. The lowest BCUT2D eigenvalue weighted by Crippen LogP contribution is -2.30. The number of amides is 1. The van der Waals surface area contributed by atoms with Crippen molar-refractivity contribution in [2.75, 3.05) is 0 Å². The van der Waals surface area contributed by atoms with Crippen LogP contribution in [0.1, 0.15) is 19.4 Å². The van der Waals surface area contributed by atoms with E-state index in [9.17, 15) is 4.79 Å². The first kappa shape index (κ1) is 14.8. The molecule has 0 bridgehead atoms. The highest BCUT2D eigenvalue weighted by Crippen LogP contribution is 2.18. The molecule has 3 N–H and O–H groups in total. The Bertz CT molecular complexity index is 660. The van der Waals surface area contributed by atoms with Crippen molar-refractivity contribution >= 4 is 22.7 Å². The van der Waals surface area contributed by atoms with Crippen molar-refractivity contribution in [2.24, 2.45) is 10.9 Å². The standard InChI is InChI=1S/C16H19N3O2/c1-11(2)18-16(20)21-19-15(17)10-13-8-5-7-12-6-3-4-9-14(12)13/h3-9,11H,10H2,1-2H3,(H2,17,19)(H,18,20). The van der Waals surface area contributed by atoms with E-state index in [0.29, 0.717) is 6.42 Å². The fraction of sp³-hybridized carbons (Fsp3) is 0.250. The smallest absolute Gasteiger partial charge is 0.384 e. The van der Waals surface area contributed by atoms with Gasteiger partial charge in [-0.3, -0.25) is 4.84 Å². The Morgan fingerprint density at radius 2 is 1.95 bits per heavy atom. The zero-order valence-corrected chi connectivity index (χ0v) is 12.2. The lowest BCUT2D eigenvalue weighted by atomic mass is 10.0. The summed E-state index contributed by atoms with van der Waals surface area (Å²) < 4.78 is 0. The SMILES string of the molecule is CC(C)NC(=O)O/N=C(\N)Cc1cccc2ccccc12. The average molecular weight is 285 g/mol. The number of carbonyl (C=O) groups excluding carboxylic acids is 1. The highest BCUT2D eigenvalue weighted by Gasteiger charge is 2.06. The number of benzene rings is 2. The highest BCUT2D eigenvalue weighted by atomic mass is 16.7. The molecule has 0 aliphatic heterocycles. The molecule has 110 valence electrons. The van der Waals surface area contributed by atoms with E-state index in [0.717, 1.165) is 16.3 Å². The quantitative estimate of drug-likeness (QED) is 0.392. The number of nitrogens with two attached hydrogens (primary N) is 1. The Balaban J connectivity index is 2.07. The molecule has 0 spiro atoms. The number of hydrogen-bond donors (Lipinski definition) is 2. The lowest BCUT2D eigenvalue weighted by Gasteiger charge is -2.07. The maximum Gasteiger partial charge on any atom is 0.433 e. The van der Waals surface area contributed by atoms with E-state index in [4.69, 9.17) is 10.6 Å². The minimum Gasteiger partial charge on any atom is -0.384 e. The summed E-state index contributed by atoms with van der Waals surface area (Å²) in [7, 11) is 0. The topological polar surface area (TPSA) is 76.7 Å². The molecular formula is C16H19N3O2. The average Bonchev–Trinajstić information content (AvgIpc) is 2.45. The Labute approximate surface area is 123 Å². The van der Waals surface area contributed by atoms with Gasteiger partial charge in [-0.15, -0.1) is 0 Å². The fourth-order valence-corrected chi connectivity index (χ4v) is 2.04. The summed E-state index contributed by atoms with van der Waals surface area (Å²) in [5.74, 6) is 0.255. The zero-order chi connectivity index (χ0) is 15.2. The number of hydrogen-bond acceptors (Lipinski definition) is 3. The Kier molecular flexibility index (Phi) is 4.77. The largest absolute Gasteiger partial charge is 0.433 e. The van der Waals surface area contributed by atoms with Crippen molar-refractivity contribution in [3.8, 4) is 0 Å². The third kappa shape index (κ3) is 4.21. The maximum atomic E-state index is 11.3. The number of nitrogens with one attached hydrogen (secondary N) is 1. The molecule has 2 aromatic carbocycles. The molecule has 0 aromatic heterocycles. The van der Waals surface area contributed by atoms with E-state index < -0.39 is 6.09 Å². The van der Waals surface area contributed by atoms with E-state index in [2.05, 4.69) is 10.5 Å². The van der Waals surface area contributed by atoms with Gasteiger partial charge < -0.3 is 11.1 Å². The first-order chi connectivity index (χ1) is 10.1. The molecule has 0 atom stereocenters. The molecule has 0 fully saturated rings. The van der Waals surface area contributed by atoms with Crippen LogP contribution < -0.4 is 11.1 Å². The van der Waals surface area contributed by atoms with Crippen molar-refractivity contribution in [1.82, 2.24) is 5.32 Å². The summed E-state index contributed by atoms with van der Waals surface area (Å²) in [4.78, 5) is 16.0. The monoisotopic (exact) mass is 285 g/mol. The van der Waals surface area contributed by atoms with Crippen LogP contribution in [0.25, 0.3) is 10.8 Å². The van der Waals surface area contributed by atoms with Gasteiger partial charge in [-0.05, 0) is 30.2 Å². The van der Waals surface area contributed by atoms with Crippen LogP contribution in [0.15, 0.2) is 47.6 Å². The van der Waals surface area contributed by atoms with Gasteiger partial charge in [0.25, 0.3) is 0 Å². The van der Waals surface area contributed by atoms with Crippen LogP contribution in [-0.2, 0) is 11.3 Å². The summed E-state index contributed by atoms with van der Waals surface area (Å²) in [5, 5.41) is 8.49. The maximum absolute atomic E-state index is 11.3. The van der Waals surface area contributed by atoms with Crippen LogP contribution in [0, 0.1) is 0 Å². The first-order valence-corrected chi connectivity index (χ1v) is 6.82. The van der Waals surface area contributed by atoms with Crippen LogP contribution in [0.4, 0.5) is 4.79 Å². The van der Waals surface area contributed by atoms with Gasteiger partial charge in [0, 0.05) is 12.5 Å². The van der Waals surface area contributed by atoms with E-state index in [1.807, 2.05) is 56.3 Å². The second kappa shape index (κ2) is 6.74. The molecule has 0 aliphatic carbocycles. The first-order valence-electron chi connectivity index (χ1n) is 6.82. The van der Waals surface area contributed by atoms with Crippen molar-refractivity contribution < 1.29 is 9.63 Å². The van der Waals surface area contributed by atoms with E-state index in [1.54, 1.807) is 0 Å². The second-order valence-corrected chi connectivity index (χ2v) is 5.08. The third-order valence-electron chi connectivity index (χ3n) is 2.90. The van der Waals surface area contributed by atoms with Gasteiger partial charge in [-0.2, -0.15) is 0 Å². The molecule has 0 heterocycles. The van der Waals surface area contributed by atoms with Crippen molar-refractivity contribution in [3.63, 3.8) is 0 Å². The Morgan fingerprint density at radius 1 is 1.24 bits per heavy atom.